The van der Waals surface area contributed by atoms with Crippen LogP contribution in [-0.4, -0.2) is 35.1 Å². The molecule has 0 atom stereocenters. The van der Waals surface area contributed by atoms with E-state index in [-0.39, 0.29) is 16.3 Å². The third-order valence-corrected chi connectivity index (χ3v) is 7.43. The van der Waals surface area contributed by atoms with Gasteiger partial charge in [-0.3, -0.25) is 9.10 Å². The number of rotatable bonds is 11. The van der Waals surface area contributed by atoms with E-state index in [1.807, 2.05) is 30.3 Å². The number of carbonyl (C=O) groups is 1. The minimum Gasteiger partial charge on any atom is -0.497 e. The number of sulfonamides is 1. The summed E-state index contributed by atoms with van der Waals surface area (Å²) in [6, 6.07) is 29.3. The van der Waals surface area contributed by atoms with Crippen molar-refractivity contribution in [3.8, 4) is 17.2 Å². The van der Waals surface area contributed by atoms with Crippen LogP contribution in [0.3, 0.4) is 0 Å². The smallest absolute Gasteiger partial charge is 0.264 e. The molecule has 0 unspecified atom stereocenters. The lowest BCUT2D eigenvalue weighted by Crippen LogP contribution is -2.38. The van der Waals surface area contributed by atoms with Crippen LogP contribution in [-0.2, 0) is 21.4 Å². The fraction of sp³-hybridized carbons (Fsp3) is 0.138. The van der Waals surface area contributed by atoms with Gasteiger partial charge in [-0.05, 0) is 54.1 Å². The molecule has 4 aromatic carbocycles. The quantitative estimate of drug-likeness (QED) is 0.288. The van der Waals surface area contributed by atoms with Gasteiger partial charge in [0.15, 0.2) is 0 Å². The van der Waals surface area contributed by atoms with Crippen LogP contribution in [0.1, 0.15) is 5.56 Å². The van der Waals surface area contributed by atoms with Crippen molar-refractivity contribution < 1.29 is 27.4 Å². The van der Waals surface area contributed by atoms with Crippen molar-refractivity contribution in [3.05, 3.63) is 109 Å². The van der Waals surface area contributed by atoms with E-state index in [9.17, 15) is 13.2 Å². The molecule has 0 spiro atoms. The number of nitrogens with zero attached hydrogens (tertiary/aromatic N) is 1. The lowest BCUT2D eigenvalue weighted by molar-refractivity contribution is -0.114. The summed E-state index contributed by atoms with van der Waals surface area (Å²) in [4.78, 5) is 13.1. The second-order valence-corrected chi connectivity index (χ2v) is 10.1. The molecule has 9 heteroatoms. The van der Waals surface area contributed by atoms with Gasteiger partial charge in [0.1, 0.15) is 30.4 Å². The van der Waals surface area contributed by atoms with Gasteiger partial charge in [0.2, 0.25) is 5.91 Å². The normalized spacial score (nSPS) is 10.9. The highest BCUT2D eigenvalue weighted by Gasteiger charge is 2.29. The molecule has 8 nitrogen and oxygen atoms in total. The van der Waals surface area contributed by atoms with Crippen LogP contribution < -0.4 is 23.8 Å². The molecular formula is C29H28N2O6S. The number of nitrogens with one attached hydrogen (secondary N) is 1. The Morgan fingerprint density at radius 1 is 0.789 bits per heavy atom. The molecule has 0 aromatic heterocycles. The average molecular weight is 533 g/mol. The summed E-state index contributed by atoms with van der Waals surface area (Å²) in [5, 5.41) is 2.76. The van der Waals surface area contributed by atoms with Gasteiger partial charge in [-0.1, -0.05) is 48.5 Å². The van der Waals surface area contributed by atoms with E-state index in [4.69, 9.17) is 14.2 Å². The fourth-order valence-electron chi connectivity index (χ4n) is 3.72. The number of benzene rings is 4. The molecule has 196 valence electrons. The summed E-state index contributed by atoms with van der Waals surface area (Å²) >= 11 is 0. The Morgan fingerprint density at radius 3 is 2.05 bits per heavy atom. The zero-order chi connectivity index (χ0) is 27.0. The molecule has 0 aliphatic rings. The highest BCUT2D eigenvalue weighted by molar-refractivity contribution is 7.92. The zero-order valence-electron chi connectivity index (χ0n) is 21.0. The van der Waals surface area contributed by atoms with E-state index in [0.717, 1.165) is 9.87 Å². The first-order chi connectivity index (χ1) is 18.4. The Kier molecular flexibility index (Phi) is 8.50. The molecule has 38 heavy (non-hydrogen) atoms. The number of carbonyl (C=O) groups excluding carboxylic acids is 1. The second kappa shape index (κ2) is 12.2. The van der Waals surface area contributed by atoms with Crippen molar-refractivity contribution in [2.75, 3.05) is 30.4 Å². The average Bonchev–Trinajstić information content (AvgIpc) is 2.96. The van der Waals surface area contributed by atoms with Gasteiger partial charge in [0.25, 0.3) is 10.0 Å². The first-order valence-electron chi connectivity index (χ1n) is 11.8. The van der Waals surface area contributed by atoms with Crippen LogP contribution in [0.5, 0.6) is 17.2 Å². The molecule has 0 heterocycles. The van der Waals surface area contributed by atoms with Gasteiger partial charge in [-0.15, -0.1) is 0 Å². The summed E-state index contributed by atoms with van der Waals surface area (Å²) in [5.41, 5.74) is 1.75. The molecular weight excluding hydrogens is 504 g/mol. The molecule has 4 rings (SSSR count). The Hall–Kier alpha value is -4.50. The SMILES string of the molecule is COc1ccc(N(CC(=O)Nc2ccc(OCc3ccccc3)cc2)S(=O)(=O)c2ccccc2)c(OC)c1. The van der Waals surface area contributed by atoms with Crippen LogP contribution in [0.4, 0.5) is 11.4 Å². The number of anilines is 2. The molecule has 0 aliphatic carbocycles. The maximum absolute atomic E-state index is 13.6. The summed E-state index contributed by atoms with van der Waals surface area (Å²) in [6.07, 6.45) is 0. The van der Waals surface area contributed by atoms with Gasteiger partial charge in [-0.2, -0.15) is 0 Å². The maximum atomic E-state index is 13.6. The number of ether oxygens (including phenoxy) is 3. The summed E-state index contributed by atoms with van der Waals surface area (Å²) in [5.74, 6) is 0.849. The van der Waals surface area contributed by atoms with Crippen LogP contribution in [0.15, 0.2) is 108 Å². The van der Waals surface area contributed by atoms with Crippen LogP contribution >= 0.6 is 0 Å². The van der Waals surface area contributed by atoms with E-state index in [1.54, 1.807) is 60.7 Å². The van der Waals surface area contributed by atoms with Crippen LogP contribution in [0, 0.1) is 0 Å². The van der Waals surface area contributed by atoms with Crippen LogP contribution in [0.2, 0.25) is 0 Å². The van der Waals surface area contributed by atoms with Gasteiger partial charge >= 0.3 is 0 Å². The maximum Gasteiger partial charge on any atom is 0.264 e. The van der Waals surface area contributed by atoms with Gasteiger partial charge < -0.3 is 19.5 Å². The Morgan fingerprint density at radius 2 is 1.42 bits per heavy atom. The first kappa shape index (κ1) is 26.6. The summed E-state index contributed by atoms with van der Waals surface area (Å²) in [7, 11) is -1.18. The van der Waals surface area contributed by atoms with Gasteiger partial charge in [-0.25, -0.2) is 8.42 Å². The fourth-order valence-corrected chi connectivity index (χ4v) is 5.17. The van der Waals surface area contributed by atoms with Crippen molar-refractivity contribution in [2.24, 2.45) is 0 Å². The van der Waals surface area contributed by atoms with Crippen molar-refractivity contribution in [2.45, 2.75) is 11.5 Å². The molecule has 1 amide bonds. The number of amides is 1. The second-order valence-electron chi connectivity index (χ2n) is 8.21. The molecule has 0 fully saturated rings. The van der Waals surface area contributed by atoms with Crippen molar-refractivity contribution in [3.63, 3.8) is 0 Å². The van der Waals surface area contributed by atoms with E-state index in [0.29, 0.717) is 23.8 Å². The monoisotopic (exact) mass is 532 g/mol. The number of hydrogen-bond acceptors (Lipinski definition) is 6. The van der Waals surface area contributed by atoms with Crippen LogP contribution in [0.25, 0.3) is 0 Å². The Bertz CT molecular complexity index is 1460. The Labute approximate surface area is 222 Å². The molecule has 0 aliphatic heterocycles. The van der Waals surface area contributed by atoms with Crippen molar-refractivity contribution in [1.29, 1.82) is 0 Å². The molecule has 4 aromatic rings. The van der Waals surface area contributed by atoms with E-state index in [2.05, 4.69) is 5.32 Å². The predicted octanol–water partition coefficient (Wildman–Crippen LogP) is 5.12. The summed E-state index contributed by atoms with van der Waals surface area (Å²) < 4.78 is 44.7. The first-order valence-corrected chi connectivity index (χ1v) is 13.2. The van der Waals surface area contributed by atoms with Gasteiger partial charge in [0.05, 0.1) is 24.8 Å². The lowest BCUT2D eigenvalue weighted by Gasteiger charge is -2.26. The number of methoxy groups -OCH3 is 2. The highest BCUT2D eigenvalue weighted by Crippen LogP contribution is 2.35. The predicted molar refractivity (Wildman–Crippen MR) is 146 cm³/mol. The third-order valence-electron chi connectivity index (χ3n) is 5.66. The van der Waals surface area contributed by atoms with E-state index >= 15 is 0 Å². The largest absolute Gasteiger partial charge is 0.497 e. The van der Waals surface area contributed by atoms with E-state index < -0.39 is 22.5 Å². The van der Waals surface area contributed by atoms with E-state index in [1.165, 1.54) is 26.4 Å². The molecule has 1 N–H and O–H groups in total. The zero-order valence-corrected chi connectivity index (χ0v) is 21.9. The number of hydrogen-bond donors (Lipinski definition) is 1. The summed E-state index contributed by atoms with van der Waals surface area (Å²) in [6.45, 7) is -0.0608. The van der Waals surface area contributed by atoms with Crippen molar-refractivity contribution >= 4 is 27.3 Å². The molecule has 0 saturated carbocycles. The standard InChI is InChI=1S/C29H28N2O6S/c1-35-25-17-18-27(28(19-25)36-2)31(38(33,34)26-11-7-4-8-12-26)20-29(32)30-23-13-15-24(16-14-23)37-21-22-9-5-3-6-10-22/h3-19H,20-21H2,1-2H3,(H,30,32). The molecule has 0 radical (unpaired) electrons. The lowest BCUT2D eigenvalue weighted by atomic mass is 10.2. The van der Waals surface area contributed by atoms with Gasteiger partial charge in [0, 0.05) is 11.8 Å². The highest BCUT2D eigenvalue weighted by atomic mass is 32.2. The Balaban J connectivity index is 1.53. The van der Waals surface area contributed by atoms with Crippen molar-refractivity contribution in [1.82, 2.24) is 0 Å². The molecule has 0 saturated heterocycles. The molecule has 0 bridgehead atoms. The topological polar surface area (TPSA) is 94.2 Å². The minimum atomic E-state index is -4.10. The minimum absolute atomic E-state index is 0.0468. The third kappa shape index (κ3) is 6.43.